The van der Waals surface area contributed by atoms with Crippen LogP contribution in [0.25, 0.3) is 12.2 Å². The number of rotatable bonds is 8. The summed E-state index contributed by atoms with van der Waals surface area (Å²) in [6, 6.07) is 22.5. The van der Waals surface area contributed by atoms with Crippen LogP contribution >= 0.6 is 91.1 Å². The summed E-state index contributed by atoms with van der Waals surface area (Å²) in [6.45, 7) is 8.13. The number of amidine groups is 2. The van der Waals surface area contributed by atoms with Crippen molar-refractivity contribution >= 4 is 126 Å². The number of hydrogen-bond acceptors (Lipinski definition) is 9. The predicted octanol–water partition coefficient (Wildman–Crippen LogP) is 12.4. The second-order valence-corrected chi connectivity index (χ2v) is 18.9. The summed E-state index contributed by atoms with van der Waals surface area (Å²) in [7, 11) is 4.19. The van der Waals surface area contributed by atoms with Gasteiger partial charge in [0.15, 0.2) is 0 Å². The number of carbonyl (C=O) groups excluding carboxylic acids is 1. The van der Waals surface area contributed by atoms with Gasteiger partial charge in [-0.2, -0.15) is 5.26 Å². The number of nitriles is 1. The Bertz CT molecular complexity index is 2390. The Kier molecular flexibility index (Phi) is 17.9. The van der Waals surface area contributed by atoms with Crippen LogP contribution in [0.5, 0.6) is 5.75 Å². The fourth-order valence-corrected chi connectivity index (χ4v) is 9.73. The van der Waals surface area contributed by atoms with Crippen molar-refractivity contribution in [3.63, 3.8) is 0 Å². The number of anilines is 1. The summed E-state index contributed by atoms with van der Waals surface area (Å²) in [5.74, 6) is 1.13. The topological polar surface area (TPSA) is 104 Å². The smallest absolute Gasteiger partial charge is 0.259 e. The summed E-state index contributed by atoms with van der Waals surface area (Å²) < 4.78 is 1.43. The van der Waals surface area contributed by atoms with Gasteiger partial charge < -0.3 is 20.2 Å². The first-order chi connectivity index (χ1) is 28.3. The number of carbonyl (C=O) groups is 1. The second-order valence-electron chi connectivity index (χ2n) is 13.7. The molecule has 0 saturated carbocycles. The lowest BCUT2D eigenvalue weighted by atomic mass is 9.91. The molecule has 59 heavy (non-hydrogen) atoms. The van der Waals surface area contributed by atoms with Gasteiger partial charge in [0.2, 0.25) is 0 Å². The molecule has 2 aliphatic rings. The molecule has 5 aromatic rings. The normalized spacial score (nSPS) is 14.4. The molecule has 0 bridgehead atoms. The summed E-state index contributed by atoms with van der Waals surface area (Å²) in [5.41, 5.74) is 4.20. The molecular formula is C45H44Cl2I2N6O2S2. The van der Waals surface area contributed by atoms with E-state index in [9.17, 15) is 15.2 Å². The molecule has 2 N–H and O–H groups in total. The van der Waals surface area contributed by atoms with E-state index in [0.29, 0.717) is 24.9 Å². The lowest BCUT2D eigenvalue weighted by Gasteiger charge is -2.22. The Morgan fingerprint density at radius 1 is 0.881 bits per heavy atom. The van der Waals surface area contributed by atoms with Gasteiger partial charge in [-0.05, 0) is 172 Å². The highest BCUT2D eigenvalue weighted by molar-refractivity contribution is 14.1. The van der Waals surface area contributed by atoms with Crippen LogP contribution < -0.4 is 5.32 Å². The highest BCUT2D eigenvalue weighted by Crippen LogP contribution is 2.35. The maximum absolute atomic E-state index is 12.7. The quantitative estimate of drug-likeness (QED) is 0.151. The zero-order valence-electron chi connectivity index (χ0n) is 33.1. The Balaban J connectivity index is 0.000000189. The number of phenols is 1. The lowest BCUT2D eigenvalue weighted by Crippen LogP contribution is -2.30. The number of aliphatic imine (C=N–C) groups is 2. The molecular weight excluding hydrogens is 1050 g/mol. The van der Waals surface area contributed by atoms with Gasteiger partial charge in [0.25, 0.3) is 5.91 Å². The third kappa shape index (κ3) is 13.4. The number of hydrogen-bond donors (Lipinski definition) is 2. The van der Waals surface area contributed by atoms with Gasteiger partial charge >= 0.3 is 0 Å². The van der Waals surface area contributed by atoms with Gasteiger partial charge in [0.05, 0.1) is 21.1 Å². The van der Waals surface area contributed by atoms with Crippen LogP contribution in [0.3, 0.4) is 0 Å². The van der Waals surface area contributed by atoms with E-state index in [2.05, 4.69) is 128 Å². The molecule has 0 fully saturated rings. The third-order valence-corrected chi connectivity index (χ3v) is 13.2. The number of nitrogens with zero attached hydrogens (tertiary/aromatic N) is 5. The third-order valence-electron chi connectivity index (χ3n) is 9.37. The van der Waals surface area contributed by atoms with E-state index in [1.165, 1.54) is 28.2 Å². The van der Waals surface area contributed by atoms with E-state index < -0.39 is 11.8 Å². The number of phenolic OH excluding ortho intramolecular Hbond substituents is 1. The van der Waals surface area contributed by atoms with Crippen molar-refractivity contribution in [3.8, 4) is 11.8 Å². The Labute approximate surface area is 392 Å². The van der Waals surface area contributed by atoms with Crippen molar-refractivity contribution in [1.82, 2.24) is 9.80 Å². The number of thiophene rings is 2. The molecule has 306 valence electrons. The summed E-state index contributed by atoms with van der Waals surface area (Å²) in [4.78, 5) is 28.7. The number of benzene rings is 3. The minimum absolute atomic E-state index is 0.0684. The van der Waals surface area contributed by atoms with Crippen molar-refractivity contribution in [2.45, 2.75) is 32.6 Å². The molecule has 1 amide bonds. The molecule has 0 radical (unpaired) electrons. The zero-order chi connectivity index (χ0) is 42.5. The Hall–Kier alpha value is -3.72. The first-order valence-corrected chi connectivity index (χ1v) is 23.4. The molecule has 14 heteroatoms. The molecule has 2 aromatic heterocycles. The van der Waals surface area contributed by atoms with Crippen LogP contribution in [0.2, 0.25) is 10.0 Å². The van der Waals surface area contributed by atoms with Crippen molar-refractivity contribution < 1.29 is 9.90 Å². The molecule has 0 aliphatic carbocycles. The van der Waals surface area contributed by atoms with Crippen molar-refractivity contribution in [1.29, 1.82) is 5.26 Å². The van der Waals surface area contributed by atoms with Gasteiger partial charge in [-0.1, -0.05) is 47.5 Å². The van der Waals surface area contributed by atoms with Crippen LogP contribution in [-0.4, -0.2) is 72.8 Å². The number of halogens is 4. The maximum Gasteiger partial charge on any atom is 0.259 e. The lowest BCUT2D eigenvalue weighted by molar-refractivity contribution is 0.102. The summed E-state index contributed by atoms with van der Waals surface area (Å²) >= 11 is 20.0. The van der Waals surface area contributed by atoms with Gasteiger partial charge in [-0.3, -0.25) is 14.8 Å². The molecule has 8 nitrogen and oxygen atoms in total. The summed E-state index contributed by atoms with van der Waals surface area (Å²) in [6.07, 6.45) is 10.9. The number of aryl methyl sites for hydroxylation is 2. The van der Waals surface area contributed by atoms with Crippen molar-refractivity contribution in [3.05, 3.63) is 144 Å². The Morgan fingerprint density at radius 3 is 2.12 bits per heavy atom. The highest BCUT2D eigenvalue weighted by Gasteiger charge is 2.21. The number of nitrogens with one attached hydrogen (secondary N) is 1. The van der Waals surface area contributed by atoms with Crippen LogP contribution in [0.15, 0.2) is 99.6 Å². The number of likely N-dealkylation sites (N-methyl/N-ethyl adjacent to an activating group) is 2. The van der Waals surface area contributed by atoms with Crippen LogP contribution in [-0.2, 0) is 0 Å². The van der Waals surface area contributed by atoms with E-state index in [0.717, 1.165) is 52.5 Å². The average Bonchev–Trinajstić information content (AvgIpc) is 3.90. The van der Waals surface area contributed by atoms with E-state index >= 15 is 0 Å². The molecule has 0 spiro atoms. The predicted molar refractivity (Wildman–Crippen MR) is 267 cm³/mol. The minimum Gasteiger partial charge on any atom is -0.506 e. The molecule has 0 saturated heterocycles. The van der Waals surface area contributed by atoms with Gasteiger partial charge in [-0.25, -0.2) is 0 Å². The average molecular weight is 1090 g/mol. The van der Waals surface area contributed by atoms with Crippen molar-refractivity contribution in [2.75, 3.05) is 45.6 Å². The molecule has 1 unspecified atom stereocenters. The molecule has 4 heterocycles. The fraction of sp³-hybridized carbons (Fsp3) is 0.244. The van der Waals surface area contributed by atoms with E-state index in [-0.39, 0.29) is 11.3 Å². The van der Waals surface area contributed by atoms with E-state index in [1.807, 2.05) is 29.5 Å². The summed E-state index contributed by atoms with van der Waals surface area (Å²) in [5, 5.41) is 27.9. The molecule has 3 aromatic carbocycles. The van der Waals surface area contributed by atoms with Gasteiger partial charge in [0.1, 0.15) is 17.4 Å². The van der Waals surface area contributed by atoms with Crippen LogP contribution in [0.1, 0.15) is 61.1 Å². The largest absolute Gasteiger partial charge is 0.506 e. The maximum atomic E-state index is 12.7. The first-order valence-electron chi connectivity index (χ1n) is 18.7. The zero-order valence-corrected chi connectivity index (χ0v) is 40.5. The highest BCUT2D eigenvalue weighted by atomic mass is 127. The monoisotopic (exact) mass is 1090 g/mol. The number of aromatic hydroxyl groups is 1. The molecule has 7 rings (SSSR count). The van der Waals surface area contributed by atoms with Crippen molar-refractivity contribution in [2.24, 2.45) is 9.98 Å². The van der Waals surface area contributed by atoms with Gasteiger partial charge in [-0.15, -0.1) is 22.7 Å². The number of amides is 1. The van der Waals surface area contributed by atoms with E-state index in [1.54, 1.807) is 71.2 Å². The SMILES string of the molecule is CN1CCCN=C1/C=C/c1cccs1.Cc1cc(C(C#N)c2ccc(Cl)cc2)c(Cl)cc1NC(=O)c1cc(I)cc(I)c1O.Cc1ccsc1/C=C/C1=NCCCN1C. The Morgan fingerprint density at radius 2 is 1.54 bits per heavy atom. The second kappa shape index (κ2) is 22.8. The van der Waals surface area contributed by atoms with Gasteiger partial charge in [0, 0.05) is 69.3 Å². The van der Waals surface area contributed by atoms with Crippen LogP contribution in [0, 0.1) is 32.3 Å². The van der Waals surface area contributed by atoms with Crippen LogP contribution in [0.4, 0.5) is 5.69 Å². The molecule has 1 atom stereocenters. The standard InChI is InChI=1S/C22H14Cl2I2N2O2.C12H16N2S.C11H14N2S/c1-11-6-15(17(10-27)12-2-4-13(23)5-3-12)18(24)9-20(11)28-22(30)16-7-14(25)8-19(26)21(16)29;1-10-6-9-15-11(10)4-5-12-13-7-3-8-14(12)2;1-13-8-3-7-12-11(13)6-5-10-4-2-9-14-10/h2-9,17,29H,1H3,(H,28,30);4-6,9H,3,7-8H2,1-2H3;2,4-6,9H,3,7-8H2,1H3/b;5-4+;6-5+. The first kappa shape index (κ1) is 46.3. The minimum atomic E-state index is -0.570. The van der Waals surface area contributed by atoms with E-state index in [4.69, 9.17) is 23.2 Å². The molecule has 2 aliphatic heterocycles. The fourth-order valence-electron chi connectivity index (χ4n) is 6.05.